The Morgan fingerprint density at radius 1 is 1.65 bits per heavy atom. The Hall–Kier alpha value is -1.49. The van der Waals surface area contributed by atoms with Crippen LogP contribution in [-0.4, -0.2) is 27.7 Å². The van der Waals surface area contributed by atoms with Crippen LogP contribution in [0.15, 0.2) is 12.3 Å². The quantitative estimate of drug-likeness (QED) is 0.706. The van der Waals surface area contributed by atoms with E-state index in [0.717, 1.165) is 25.8 Å². The number of amides is 1. The van der Waals surface area contributed by atoms with E-state index in [2.05, 4.69) is 5.32 Å². The fourth-order valence-electron chi connectivity index (χ4n) is 1.93. The fraction of sp³-hybridized carbons (Fsp3) is 0.583. The van der Waals surface area contributed by atoms with Crippen molar-refractivity contribution >= 4 is 11.6 Å². The van der Waals surface area contributed by atoms with E-state index < -0.39 is 0 Å². The molecule has 1 fully saturated rings. The molecule has 0 unspecified atom stereocenters. The maximum atomic E-state index is 12.1. The lowest BCUT2D eigenvalue weighted by Gasteiger charge is -2.15. The topological polar surface area (TPSA) is 80.3 Å². The molecule has 1 aromatic heterocycles. The summed E-state index contributed by atoms with van der Waals surface area (Å²) in [5.41, 5.74) is 6.50. The molecule has 1 amide bonds. The first-order chi connectivity index (χ1) is 8.10. The van der Waals surface area contributed by atoms with Crippen LogP contribution in [0.5, 0.6) is 0 Å². The van der Waals surface area contributed by atoms with Crippen molar-refractivity contribution in [1.82, 2.24) is 9.88 Å². The molecule has 1 aromatic rings. The fourth-order valence-corrected chi connectivity index (χ4v) is 1.93. The number of aliphatic hydroxyl groups is 1. The molecular weight excluding hydrogens is 218 g/mol. The summed E-state index contributed by atoms with van der Waals surface area (Å²) in [7, 11) is 0. The molecule has 0 aliphatic heterocycles. The monoisotopic (exact) mass is 237 g/mol. The number of anilines is 1. The zero-order valence-corrected chi connectivity index (χ0v) is 10.1. The molecule has 0 aromatic carbocycles. The lowest BCUT2D eigenvalue weighted by atomic mass is 10.2. The van der Waals surface area contributed by atoms with Gasteiger partial charge in [0.1, 0.15) is 5.69 Å². The van der Waals surface area contributed by atoms with Gasteiger partial charge in [0.2, 0.25) is 0 Å². The van der Waals surface area contributed by atoms with Crippen molar-refractivity contribution in [3.05, 3.63) is 18.0 Å². The van der Waals surface area contributed by atoms with Crippen molar-refractivity contribution < 1.29 is 9.90 Å². The molecule has 17 heavy (non-hydrogen) atoms. The minimum atomic E-state index is -0.382. The van der Waals surface area contributed by atoms with Crippen LogP contribution in [0.25, 0.3) is 0 Å². The Morgan fingerprint density at radius 3 is 2.88 bits per heavy atom. The predicted octanol–water partition coefficient (Wildman–Crippen LogP) is 0.735. The number of aryl methyl sites for hydroxylation is 1. The zero-order valence-electron chi connectivity index (χ0n) is 10.1. The third-order valence-electron chi connectivity index (χ3n) is 3.15. The summed E-state index contributed by atoms with van der Waals surface area (Å²) in [6.07, 6.45) is 4.41. The summed E-state index contributed by atoms with van der Waals surface area (Å²) in [6.45, 7) is 2.82. The molecule has 0 radical (unpaired) electrons. The van der Waals surface area contributed by atoms with Crippen LogP contribution < -0.4 is 11.1 Å². The predicted molar refractivity (Wildman–Crippen MR) is 65.7 cm³/mol. The Kier molecular flexibility index (Phi) is 3.11. The molecule has 1 heterocycles. The van der Waals surface area contributed by atoms with Crippen molar-refractivity contribution in [3.63, 3.8) is 0 Å². The van der Waals surface area contributed by atoms with Gasteiger partial charge < -0.3 is 20.7 Å². The first kappa shape index (κ1) is 12.0. The van der Waals surface area contributed by atoms with E-state index >= 15 is 0 Å². The number of aromatic nitrogens is 1. The number of carbonyl (C=O) groups is 1. The Balaban J connectivity index is 2.13. The van der Waals surface area contributed by atoms with Gasteiger partial charge in [0, 0.05) is 12.7 Å². The lowest BCUT2D eigenvalue weighted by Crippen LogP contribution is -2.40. The largest absolute Gasteiger partial charge is 0.397 e. The molecule has 0 atom stereocenters. The van der Waals surface area contributed by atoms with E-state index in [1.807, 2.05) is 11.5 Å². The van der Waals surface area contributed by atoms with Crippen LogP contribution in [-0.2, 0) is 6.54 Å². The highest BCUT2D eigenvalue weighted by molar-refractivity contribution is 5.94. The SMILES string of the molecule is CCCn1cc(N)cc1C(=O)NC1(CO)CC1. The second-order valence-corrected chi connectivity index (χ2v) is 4.74. The maximum absolute atomic E-state index is 12.1. The highest BCUT2D eigenvalue weighted by Crippen LogP contribution is 2.34. The summed E-state index contributed by atoms with van der Waals surface area (Å²) >= 11 is 0. The van der Waals surface area contributed by atoms with Gasteiger partial charge in [-0.2, -0.15) is 0 Å². The van der Waals surface area contributed by atoms with Crippen molar-refractivity contribution in [2.75, 3.05) is 12.3 Å². The zero-order chi connectivity index (χ0) is 12.5. The second kappa shape index (κ2) is 4.41. The number of carbonyl (C=O) groups excluding carboxylic acids is 1. The van der Waals surface area contributed by atoms with E-state index in [-0.39, 0.29) is 18.1 Å². The van der Waals surface area contributed by atoms with Gasteiger partial charge in [-0.15, -0.1) is 0 Å². The van der Waals surface area contributed by atoms with Crippen molar-refractivity contribution in [3.8, 4) is 0 Å². The first-order valence-electron chi connectivity index (χ1n) is 5.99. The molecule has 0 bridgehead atoms. The number of nitrogens with zero attached hydrogens (tertiary/aromatic N) is 1. The van der Waals surface area contributed by atoms with E-state index in [4.69, 9.17) is 5.73 Å². The summed E-state index contributed by atoms with van der Waals surface area (Å²) < 4.78 is 1.86. The van der Waals surface area contributed by atoms with Gasteiger partial charge >= 0.3 is 0 Å². The highest BCUT2D eigenvalue weighted by atomic mass is 16.3. The minimum absolute atomic E-state index is 0.00269. The number of nitrogens with two attached hydrogens (primary N) is 1. The summed E-state index contributed by atoms with van der Waals surface area (Å²) in [6, 6.07) is 1.68. The normalized spacial score (nSPS) is 16.8. The number of aliphatic hydroxyl groups excluding tert-OH is 1. The number of nitrogens with one attached hydrogen (secondary N) is 1. The highest BCUT2D eigenvalue weighted by Gasteiger charge is 2.43. The van der Waals surface area contributed by atoms with Crippen molar-refractivity contribution in [2.24, 2.45) is 0 Å². The van der Waals surface area contributed by atoms with Crippen LogP contribution in [0.3, 0.4) is 0 Å². The van der Waals surface area contributed by atoms with Crippen molar-refractivity contribution in [1.29, 1.82) is 0 Å². The average Bonchev–Trinajstić information content (AvgIpc) is 2.96. The standard InChI is InChI=1S/C12H19N3O2/c1-2-5-15-7-9(13)6-10(15)11(17)14-12(8-16)3-4-12/h6-7,16H,2-5,8,13H2,1H3,(H,14,17). The minimum Gasteiger partial charge on any atom is -0.397 e. The van der Waals surface area contributed by atoms with E-state index in [9.17, 15) is 9.90 Å². The smallest absolute Gasteiger partial charge is 0.268 e. The molecule has 5 heteroatoms. The molecule has 1 aliphatic carbocycles. The van der Waals surface area contributed by atoms with Crippen molar-refractivity contribution in [2.45, 2.75) is 38.3 Å². The Bertz CT molecular complexity index is 421. The van der Waals surface area contributed by atoms with Gasteiger partial charge in [0.05, 0.1) is 17.8 Å². The maximum Gasteiger partial charge on any atom is 0.268 e. The first-order valence-corrected chi connectivity index (χ1v) is 5.99. The van der Waals surface area contributed by atoms with Gasteiger partial charge in [0.25, 0.3) is 5.91 Å². The number of nitrogen functional groups attached to an aromatic ring is 1. The second-order valence-electron chi connectivity index (χ2n) is 4.74. The lowest BCUT2D eigenvalue weighted by molar-refractivity contribution is 0.0897. The molecule has 1 aliphatic rings. The third kappa shape index (κ3) is 2.44. The van der Waals surface area contributed by atoms with Gasteiger partial charge in [-0.25, -0.2) is 0 Å². The van der Waals surface area contributed by atoms with Gasteiger partial charge in [-0.1, -0.05) is 6.92 Å². The van der Waals surface area contributed by atoms with E-state index in [0.29, 0.717) is 11.4 Å². The average molecular weight is 237 g/mol. The molecule has 5 nitrogen and oxygen atoms in total. The van der Waals surface area contributed by atoms with Crippen LogP contribution in [0.1, 0.15) is 36.7 Å². The Labute approximate surface area is 101 Å². The molecular formula is C12H19N3O2. The summed E-state index contributed by atoms with van der Waals surface area (Å²) in [5, 5.41) is 12.1. The molecule has 94 valence electrons. The summed E-state index contributed by atoms with van der Waals surface area (Å²) in [5.74, 6) is -0.151. The number of hydrogen-bond donors (Lipinski definition) is 3. The van der Waals surface area contributed by atoms with Gasteiger partial charge in [-0.05, 0) is 25.3 Å². The molecule has 0 spiro atoms. The van der Waals surface area contributed by atoms with Crippen LogP contribution in [0, 0.1) is 0 Å². The number of rotatable bonds is 5. The number of hydrogen-bond acceptors (Lipinski definition) is 3. The van der Waals surface area contributed by atoms with E-state index in [1.165, 1.54) is 0 Å². The summed E-state index contributed by atoms with van der Waals surface area (Å²) in [4.78, 5) is 12.1. The molecule has 4 N–H and O–H groups in total. The van der Waals surface area contributed by atoms with Crippen LogP contribution in [0.2, 0.25) is 0 Å². The molecule has 2 rings (SSSR count). The Morgan fingerprint density at radius 2 is 2.35 bits per heavy atom. The molecule has 0 saturated heterocycles. The van der Waals surface area contributed by atoms with Crippen LogP contribution in [0.4, 0.5) is 5.69 Å². The van der Waals surface area contributed by atoms with E-state index in [1.54, 1.807) is 12.3 Å². The van der Waals surface area contributed by atoms with Gasteiger partial charge in [-0.3, -0.25) is 4.79 Å². The molecule has 1 saturated carbocycles. The van der Waals surface area contributed by atoms with Crippen LogP contribution >= 0.6 is 0 Å². The van der Waals surface area contributed by atoms with Gasteiger partial charge in [0.15, 0.2) is 0 Å². The third-order valence-corrected chi connectivity index (χ3v) is 3.15.